The molecule has 1 N–H and O–H groups in total. The molecule has 2 aromatic rings. The van der Waals surface area contributed by atoms with Crippen molar-refractivity contribution < 1.29 is 9.53 Å². The topological polar surface area (TPSA) is 38.3 Å². The summed E-state index contributed by atoms with van der Waals surface area (Å²) in [6, 6.07) is 14.0. The molecule has 0 spiro atoms. The van der Waals surface area contributed by atoms with E-state index in [1.165, 1.54) is 24.6 Å². The zero-order valence-corrected chi connectivity index (χ0v) is 12.3. The van der Waals surface area contributed by atoms with E-state index in [1.807, 2.05) is 36.4 Å². The molecular weight excluding hydrogens is 262 g/mol. The molecule has 0 bridgehead atoms. The van der Waals surface area contributed by atoms with Gasteiger partial charge >= 0.3 is 0 Å². The van der Waals surface area contributed by atoms with Gasteiger partial charge in [-0.1, -0.05) is 36.8 Å². The van der Waals surface area contributed by atoms with Gasteiger partial charge in [0.1, 0.15) is 5.75 Å². The molecule has 3 nitrogen and oxygen atoms in total. The van der Waals surface area contributed by atoms with Crippen LogP contribution in [0, 0.1) is 5.92 Å². The van der Waals surface area contributed by atoms with Crippen molar-refractivity contribution in [3.05, 3.63) is 42.5 Å². The molecule has 0 saturated heterocycles. The van der Waals surface area contributed by atoms with E-state index >= 15 is 0 Å². The van der Waals surface area contributed by atoms with Gasteiger partial charge in [-0.15, -0.1) is 0 Å². The number of amides is 1. The molecule has 2 aromatic carbocycles. The summed E-state index contributed by atoms with van der Waals surface area (Å²) < 4.78 is 5.76. The summed E-state index contributed by atoms with van der Waals surface area (Å²) in [6.45, 7) is 2.58. The number of hydrogen-bond acceptors (Lipinski definition) is 2. The molecular formula is C18H21NO2. The molecule has 1 aliphatic rings. The summed E-state index contributed by atoms with van der Waals surface area (Å²) in [4.78, 5) is 12.0. The average Bonchev–Trinajstić information content (AvgIpc) is 2.45. The Morgan fingerprint density at radius 1 is 1.24 bits per heavy atom. The fourth-order valence-corrected chi connectivity index (χ4v) is 2.58. The average molecular weight is 283 g/mol. The predicted octanol–water partition coefficient (Wildman–Crippen LogP) is 3.52. The lowest BCUT2D eigenvalue weighted by molar-refractivity contribution is -0.127. The molecule has 1 fully saturated rings. The lowest BCUT2D eigenvalue weighted by Gasteiger charge is -2.26. The van der Waals surface area contributed by atoms with Gasteiger partial charge in [0.05, 0.1) is 0 Å². The van der Waals surface area contributed by atoms with E-state index in [2.05, 4.69) is 11.4 Å². The van der Waals surface area contributed by atoms with Gasteiger partial charge in [-0.3, -0.25) is 4.79 Å². The lowest BCUT2D eigenvalue weighted by Crippen LogP contribution is -2.40. The van der Waals surface area contributed by atoms with Crippen LogP contribution < -0.4 is 10.1 Å². The van der Waals surface area contributed by atoms with Crippen molar-refractivity contribution in [2.45, 2.75) is 32.3 Å². The van der Waals surface area contributed by atoms with E-state index in [4.69, 9.17) is 4.74 Å². The Bertz CT molecular complexity index is 634. The van der Waals surface area contributed by atoms with Crippen molar-refractivity contribution >= 4 is 16.7 Å². The molecule has 0 aliphatic heterocycles. The smallest absolute Gasteiger partial charge is 0.260 e. The van der Waals surface area contributed by atoms with Gasteiger partial charge in [0, 0.05) is 6.54 Å². The Hall–Kier alpha value is -2.03. The van der Waals surface area contributed by atoms with Gasteiger partial charge in [0.25, 0.3) is 5.91 Å². The SMILES string of the molecule is CC(Oc1ccc2ccccc2c1)C(=O)NCC1CCC1. The maximum absolute atomic E-state index is 12.0. The third kappa shape index (κ3) is 3.35. The summed E-state index contributed by atoms with van der Waals surface area (Å²) in [5, 5.41) is 5.27. The van der Waals surface area contributed by atoms with Crippen LogP contribution in [0.5, 0.6) is 5.75 Å². The van der Waals surface area contributed by atoms with E-state index < -0.39 is 6.10 Å². The lowest BCUT2D eigenvalue weighted by atomic mass is 9.85. The van der Waals surface area contributed by atoms with Gasteiger partial charge in [-0.2, -0.15) is 0 Å². The highest BCUT2D eigenvalue weighted by molar-refractivity contribution is 5.84. The van der Waals surface area contributed by atoms with Crippen LogP contribution in [0.3, 0.4) is 0 Å². The number of rotatable bonds is 5. The molecule has 3 rings (SSSR count). The van der Waals surface area contributed by atoms with Crippen molar-refractivity contribution in [2.24, 2.45) is 5.92 Å². The minimum absolute atomic E-state index is 0.0324. The van der Waals surface area contributed by atoms with Gasteiger partial charge in [-0.25, -0.2) is 0 Å². The molecule has 1 amide bonds. The van der Waals surface area contributed by atoms with Crippen molar-refractivity contribution in [2.75, 3.05) is 6.54 Å². The van der Waals surface area contributed by atoms with Crippen LogP contribution in [-0.4, -0.2) is 18.6 Å². The molecule has 1 aliphatic carbocycles. The Morgan fingerprint density at radius 3 is 2.71 bits per heavy atom. The highest BCUT2D eigenvalue weighted by Gasteiger charge is 2.20. The first-order valence-corrected chi connectivity index (χ1v) is 7.65. The van der Waals surface area contributed by atoms with E-state index in [-0.39, 0.29) is 5.91 Å². The van der Waals surface area contributed by atoms with Crippen LogP contribution in [0.1, 0.15) is 26.2 Å². The Labute approximate surface area is 125 Å². The Kier molecular flexibility index (Phi) is 4.09. The van der Waals surface area contributed by atoms with Crippen molar-refractivity contribution in [3.8, 4) is 5.75 Å². The highest BCUT2D eigenvalue weighted by Crippen LogP contribution is 2.25. The second-order valence-electron chi connectivity index (χ2n) is 5.81. The van der Waals surface area contributed by atoms with Gasteiger partial charge < -0.3 is 10.1 Å². The maximum atomic E-state index is 12.0. The number of ether oxygens (including phenoxy) is 1. The van der Waals surface area contributed by atoms with E-state index in [9.17, 15) is 4.79 Å². The Morgan fingerprint density at radius 2 is 2.00 bits per heavy atom. The van der Waals surface area contributed by atoms with Crippen LogP contribution >= 0.6 is 0 Å². The number of nitrogens with one attached hydrogen (secondary N) is 1. The van der Waals surface area contributed by atoms with Gasteiger partial charge in [-0.05, 0) is 48.6 Å². The number of carbonyl (C=O) groups excluding carboxylic acids is 1. The summed E-state index contributed by atoms with van der Waals surface area (Å²) in [5.41, 5.74) is 0. The molecule has 3 heteroatoms. The summed E-state index contributed by atoms with van der Waals surface area (Å²) >= 11 is 0. The molecule has 21 heavy (non-hydrogen) atoms. The van der Waals surface area contributed by atoms with Crippen LogP contribution in [0.2, 0.25) is 0 Å². The van der Waals surface area contributed by atoms with Gasteiger partial charge in [0.2, 0.25) is 0 Å². The first-order valence-electron chi connectivity index (χ1n) is 7.65. The zero-order valence-electron chi connectivity index (χ0n) is 12.3. The fourth-order valence-electron chi connectivity index (χ4n) is 2.58. The molecule has 1 saturated carbocycles. The summed E-state index contributed by atoms with van der Waals surface area (Å²) in [5.74, 6) is 1.37. The van der Waals surface area contributed by atoms with Crippen molar-refractivity contribution in [1.82, 2.24) is 5.32 Å². The molecule has 0 aromatic heterocycles. The first kappa shape index (κ1) is 13.9. The largest absolute Gasteiger partial charge is 0.481 e. The summed E-state index contributed by atoms with van der Waals surface area (Å²) in [7, 11) is 0. The molecule has 0 radical (unpaired) electrons. The molecule has 0 heterocycles. The summed E-state index contributed by atoms with van der Waals surface area (Å²) in [6.07, 6.45) is 3.30. The normalized spacial score (nSPS) is 16.2. The van der Waals surface area contributed by atoms with Gasteiger partial charge in [0.15, 0.2) is 6.10 Å². The van der Waals surface area contributed by atoms with Crippen LogP contribution in [-0.2, 0) is 4.79 Å². The number of hydrogen-bond donors (Lipinski definition) is 1. The highest BCUT2D eigenvalue weighted by atomic mass is 16.5. The standard InChI is InChI=1S/C18H21NO2/c1-13(18(20)19-12-14-5-4-6-14)21-17-10-9-15-7-2-3-8-16(15)11-17/h2-3,7-11,13-14H,4-6,12H2,1H3,(H,19,20). The predicted molar refractivity (Wildman–Crippen MR) is 84.4 cm³/mol. The number of carbonyl (C=O) groups is 1. The minimum Gasteiger partial charge on any atom is -0.481 e. The molecule has 1 atom stereocenters. The van der Waals surface area contributed by atoms with E-state index in [1.54, 1.807) is 6.92 Å². The van der Waals surface area contributed by atoms with Crippen LogP contribution in [0.25, 0.3) is 10.8 Å². The molecule has 1 unspecified atom stereocenters. The third-order valence-corrected chi connectivity index (χ3v) is 4.19. The number of benzene rings is 2. The number of fused-ring (bicyclic) bond motifs is 1. The van der Waals surface area contributed by atoms with Crippen LogP contribution in [0.4, 0.5) is 0 Å². The zero-order chi connectivity index (χ0) is 14.7. The second kappa shape index (κ2) is 6.17. The Balaban J connectivity index is 1.59. The van der Waals surface area contributed by atoms with Crippen molar-refractivity contribution in [3.63, 3.8) is 0 Å². The maximum Gasteiger partial charge on any atom is 0.260 e. The molecule has 110 valence electrons. The van der Waals surface area contributed by atoms with Crippen LogP contribution in [0.15, 0.2) is 42.5 Å². The monoisotopic (exact) mass is 283 g/mol. The van der Waals surface area contributed by atoms with E-state index in [0.29, 0.717) is 5.92 Å². The fraction of sp³-hybridized carbons (Fsp3) is 0.389. The quantitative estimate of drug-likeness (QED) is 0.911. The third-order valence-electron chi connectivity index (χ3n) is 4.19. The first-order chi connectivity index (χ1) is 10.2. The van der Waals surface area contributed by atoms with E-state index in [0.717, 1.165) is 17.7 Å². The second-order valence-corrected chi connectivity index (χ2v) is 5.81. The minimum atomic E-state index is -0.466. The van der Waals surface area contributed by atoms with Crippen molar-refractivity contribution in [1.29, 1.82) is 0 Å².